The van der Waals surface area contributed by atoms with Gasteiger partial charge in [0.1, 0.15) is 16.8 Å². The number of esters is 1. The van der Waals surface area contributed by atoms with Crippen LogP contribution in [0.25, 0.3) is 10.9 Å². The number of fused-ring (bicyclic) bond motifs is 1. The number of aromatic nitrogens is 1. The number of ether oxygens (including phenoxy) is 1. The summed E-state index contributed by atoms with van der Waals surface area (Å²) in [5, 5.41) is 11.2. The zero-order valence-corrected chi connectivity index (χ0v) is 13.7. The third kappa shape index (κ3) is 3.06. The average Bonchev–Trinajstić information content (AvgIpc) is 2.53. The SMILES string of the molecule is O=C(Oc1ccc(Cl)c2cccnc12)c1cc(Cl)cc(Cl)c1O. The Hall–Kier alpha value is -2.01. The molecule has 0 bridgehead atoms. The van der Waals surface area contributed by atoms with Crippen LogP contribution in [0.2, 0.25) is 15.1 Å². The predicted molar refractivity (Wildman–Crippen MR) is 89.8 cm³/mol. The quantitative estimate of drug-likeness (QED) is 0.504. The van der Waals surface area contributed by atoms with Gasteiger partial charge in [-0.05, 0) is 36.4 Å². The number of phenolic OH excluding ortho intramolecular Hbond substituents is 1. The molecule has 0 saturated heterocycles. The maximum absolute atomic E-state index is 12.3. The number of nitrogens with zero attached hydrogens (tertiary/aromatic N) is 1. The van der Waals surface area contributed by atoms with Crippen LogP contribution in [-0.2, 0) is 0 Å². The highest BCUT2D eigenvalue weighted by Gasteiger charge is 2.19. The van der Waals surface area contributed by atoms with Gasteiger partial charge in [-0.2, -0.15) is 0 Å². The van der Waals surface area contributed by atoms with Crippen molar-refractivity contribution in [3.05, 3.63) is 63.2 Å². The second-order valence-corrected chi connectivity index (χ2v) is 5.87. The Kier molecular flexibility index (Phi) is 4.31. The van der Waals surface area contributed by atoms with E-state index in [9.17, 15) is 9.90 Å². The first-order valence-corrected chi connectivity index (χ1v) is 7.54. The molecule has 7 heteroatoms. The normalized spacial score (nSPS) is 10.7. The van der Waals surface area contributed by atoms with Crippen molar-refractivity contribution in [3.63, 3.8) is 0 Å². The minimum Gasteiger partial charge on any atom is -0.505 e. The topological polar surface area (TPSA) is 59.4 Å². The Bertz CT molecular complexity index is 928. The van der Waals surface area contributed by atoms with Gasteiger partial charge in [0.25, 0.3) is 0 Å². The zero-order chi connectivity index (χ0) is 16.6. The predicted octanol–water partition coefficient (Wildman–Crippen LogP) is 5.12. The second kappa shape index (κ2) is 6.24. The molecule has 116 valence electrons. The fraction of sp³-hybridized carbons (Fsp3) is 0. The number of halogens is 3. The van der Waals surface area contributed by atoms with E-state index in [0.29, 0.717) is 15.9 Å². The number of aromatic hydroxyl groups is 1. The van der Waals surface area contributed by atoms with Crippen molar-refractivity contribution in [2.45, 2.75) is 0 Å². The molecule has 3 rings (SSSR count). The maximum atomic E-state index is 12.3. The number of pyridine rings is 1. The molecule has 0 unspecified atom stereocenters. The highest BCUT2D eigenvalue weighted by Crippen LogP contribution is 2.34. The van der Waals surface area contributed by atoms with E-state index in [4.69, 9.17) is 39.5 Å². The van der Waals surface area contributed by atoms with Gasteiger partial charge in [0.15, 0.2) is 5.75 Å². The molecule has 0 aliphatic rings. The number of hydrogen-bond acceptors (Lipinski definition) is 4. The van der Waals surface area contributed by atoms with Crippen LogP contribution in [0, 0.1) is 0 Å². The van der Waals surface area contributed by atoms with Crippen LogP contribution in [0.5, 0.6) is 11.5 Å². The van der Waals surface area contributed by atoms with Crippen molar-refractivity contribution < 1.29 is 14.6 Å². The van der Waals surface area contributed by atoms with Gasteiger partial charge < -0.3 is 9.84 Å². The van der Waals surface area contributed by atoms with Crippen LogP contribution >= 0.6 is 34.8 Å². The number of carbonyl (C=O) groups excluding carboxylic acids is 1. The summed E-state index contributed by atoms with van der Waals surface area (Å²) < 4.78 is 5.32. The lowest BCUT2D eigenvalue weighted by Gasteiger charge is -2.10. The summed E-state index contributed by atoms with van der Waals surface area (Å²) in [4.78, 5) is 16.5. The van der Waals surface area contributed by atoms with E-state index in [1.807, 2.05) is 0 Å². The highest BCUT2D eigenvalue weighted by molar-refractivity contribution is 6.36. The Morgan fingerprint density at radius 3 is 2.65 bits per heavy atom. The average molecular weight is 369 g/mol. The summed E-state index contributed by atoms with van der Waals surface area (Å²) in [5.41, 5.74) is 0.294. The lowest BCUT2D eigenvalue weighted by atomic mass is 10.2. The van der Waals surface area contributed by atoms with Gasteiger partial charge in [-0.15, -0.1) is 0 Å². The van der Waals surface area contributed by atoms with E-state index in [1.54, 1.807) is 24.4 Å². The third-order valence-corrected chi connectivity index (χ3v) is 3.97. The molecule has 0 atom stereocenters. The van der Waals surface area contributed by atoms with Crippen molar-refractivity contribution in [1.82, 2.24) is 4.98 Å². The van der Waals surface area contributed by atoms with E-state index >= 15 is 0 Å². The van der Waals surface area contributed by atoms with Crippen molar-refractivity contribution in [2.24, 2.45) is 0 Å². The highest BCUT2D eigenvalue weighted by atomic mass is 35.5. The van der Waals surface area contributed by atoms with Gasteiger partial charge in [-0.25, -0.2) is 4.79 Å². The molecule has 4 nitrogen and oxygen atoms in total. The number of benzene rings is 2. The number of hydrogen-bond donors (Lipinski definition) is 1. The summed E-state index contributed by atoms with van der Waals surface area (Å²) >= 11 is 17.8. The van der Waals surface area contributed by atoms with E-state index in [2.05, 4.69) is 4.98 Å². The van der Waals surface area contributed by atoms with Crippen LogP contribution in [-0.4, -0.2) is 16.1 Å². The Balaban J connectivity index is 2.03. The first-order valence-electron chi connectivity index (χ1n) is 6.41. The molecule has 1 heterocycles. The van der Waals surface area contributed by atoms with Gasteiger partial charge in [0.05, 0.1) is 10.0 Å². The molecule has 0 aliphatic carbocycles. The van der Waals surface area contributed by atoms with Crippen LogP contribution in [0.3, 0.4) is 0 Å². The van der Waals surface area contributed by atoms with E-state index in [-0.39, 0.29) is 21.4 Å². The summed E-state index contributed by atoms with van der Waals surface area (Å²) in [6.07, 6.45) is 1.56. The molecule has 1 N–H and O–H groups in total. The monoisotopic (exact) mass is 367 g/mol. The third-order valence-electron chi connectivity index (χ3n) is 3.13. The van der Waals surface area contributed by atoms with Crippen molar-refractivity contribution >= 4 is 51.7 Å². The maximum Gasteiger partial charge on any atom is 0.347 e. The Morgan fingerprint density at radius 2 is 1.87 bits per heavy atom. The molecular formula is C16H8Cl3NO3. The summed E-state index contributed by atoms with van der Waals surface area (Å²) in [6, 6.07) is 9.21. The zero-order valence-electron chi connectivity index (χ0n) is 11.4. The van der Waals surface area contributed by atoms with Crippen LogP contribution in [0.15, 0.2) is 42.6 Å². The first kappa shape index (κ1) is 15.9. The molecule has 0 radical (unpaired) electrons. The molecule has 0 fully saturated rings. The molecule has 0 amide bonds. The molecule has 0 saturated carbocycles. The lowest BCUT2D eigenvalue weighted by molar-refractivity contribution is 0.0733. The van der Waals surface area contributed by atoms with Crippen molar-refractivity contribution in [1.29, 1.82) is 0 Å². The molecule has 1 aromatic heterocycles. The van der Waals surface area contributed by atoms with Gasteiger partial charge >= 0.3 is 5.97 Å². The number of carbonyl (C=O) groups is 1. The molecule has 2 aromatic carbocycles. The van der Waals surface area contributed by atoms with Crippen molar-refractivity contribution in [3.8, 4) is 11.5 Å². The Morgan fingerprint density at radius 1 is 1.09 bits per heavy atom. The summed E-state index contributed by atoms with van der Waals surface area (Å²) in [5.74, 6) is -0.987. The molecule has 0 aliphatic heterocycles. The summed E-state index contributed by atoms with van der Waals surface area (Å²) in [7, 11) is 0. The lowest BCUT2D eigenvalue weighted by Crippen LogP contribution is -2.09. The fourth-order valence-electron chi connectivity index (χ4n) is 2.07. The molecule has 23 heavy (non-hydrogen) atoms. The molecular weight excluding hydrogens is 361 g/mol. The molecule has 0 spiro atoms. The van der Waals surface area contributed by atoms with E-state index in [0.717, 1.165) is 0 Å². The summed E-state index contributed by atoms with van der Waals surface area (Å²) in [6.45, 7) is 0. The smallest absolute Gasteiger partial charge is 0.347 e. The van der Waals surface area contributed by atoms with Gasteiger partial charge in [0.2, 0.25) is 0 Å². The number of phenols is 1. The van der Waals surface area contributed by atoms with Gasteiger partial charge in [0, 0.05) is 16.6 Å². The first-order chi connectivity index (χ1) is 11.0. The van der Waals surface area contributed by atoms with E-state index in [1.165, 1.54) is 18.2 Å². The van der Waals surface area contributed by atoms with E-state index < -0.39 is 11.7 Å². The largest absolute Gasteiger partial charge is 0.505 e. The Labute approximate surface area is 146 Å². The molecule has 3 aromatic rings. The van der Waals surface area contributed by atoms with Crippen LogP contribution < -0.4 is 4.74 Å². The fourth-order valence-corrected chi connectivity index (χ4v) is 2.78. The van der Waals surface area contributed by atoms with Gasteiger partial charge in [-0.3, -0.25) is 4.98 Å². The second-order valence-electron chi connectivity index (χ2n) is 4.62. The number of rotatable bonds is 2. The van der Waals surface area contributed by atoms with Crippen LogP contribution in [0.4, 0.5) is 0 Å². The van der Waals surface area contributed by atoms with Gasteiger partial charge in [-0.1, -0.05) is 34.8 Å². The standard InChI is InChI=1S/C16H8Cl3NO3/c17-8-6-10(15(21)12(19)7-8)16(22)23-13-4-3-11(18)9-2-1-5-20-14(9)13/h1-7,21H. The van der Waals surface area contributed by atoms with Crippen molar-refractivity contribution in [2.75, 3.05) is 0 Å². The van der Waals surface area contributed by atoms with Crippen LogP contribution in [0.1, 0.15) is 10.4 Å². The minimum absolute atomic E-state index is 0.0384. The minimum atomic E-state index is -0.804.